The van der Waals surface area contributed by atoms with Crippen molar-refractivity contribution >= 4 is 23.2 Å². The number of ether oxygens (including phenoxy) is 1. The Balaban J connectivity index is 2.47. The highest BCUT2D eigenvalue weighted by atomic mass is 35.5. The van der Waals surface area contributed by atoms with Gasteiger partial charge in [-0.3, -0.25) is 0 Å². The molecule has 0 atom stereocenters. The third-order valence-electron chi connectivity index (χ3n) is 1.74. The predicted molar refractivity (Wildman–Crippen MR) is 65.0 cm³/mol. The fraction of sp³-hybridized carbons (Fsp3) is 0.273. The van der Waals surface area contributed by atoms with Gasteiger partial charge in [-0.1, -0.05) is 41.4 Å². The highest BCUT2D eigenvalue weighted by Gasteiger charge is 2.03. The summed E-state index contributed by atoms with van der Waals surface area (Å²) in [4.78, 5) is 0. The maximum atomic E-state index is 5.94. The second-order valence-electron chi connectivity index (χ2n) is 2.89. The van der Waals surface area contributed by atoms with Crippen LogP contribution in [0, 0.1) is 0 Å². The second kappa shape index (κ2) is 6.72. The van der Waals surface area contributed by atoms with Crippen molar-refractivity contribution in [3.8, 4) is 5.75 Å². The summed E-state index contributed by atoms with van der Waals surface area (Å²) in [7, 11) is 1.89. The second-order valence-corrected chi connectivity index (χ2v) is 3.68. The molecule has 0 spiro atoms. The fourth-order valence-electron chi connectivity index (χ4n) is 1.00. The van der Waals surface area contributed by atoms with Gasteiger partial charge >= 0.3 is 0 Å². The molecule has 2 nitrogen and oxygen atoms in total. The molecule has 1 aromatic carbocycles. The van der Waals surface area contributed by atoms with Gasteiger partial charge in [0.15, 0.2) is 0 Å². The van der Waals surface area contributed by atoms with E-state index < -0.39 is 0 Å². The van der Waals surface area contributed by atoms with Crippen molar-refractivity contribution in [3.05, 3.63) is 40.4 Å². The number of benzene rings is 1. The summed E-state index contributed by atoms with van der Waals surface area (Å²) in [6.45, 7) is 1.31. The van der Waals surface area contributed by atoms with Gasteiger partial charge in [-0.15, -0.1) is 0 Å². The topological polar surface area (TPSA) is 21.3 Å². The van der Waals surface area contributed by atoms with Crippen molar-refractivity contribution in [1.82, 2.24) is 5.32 Å². The molecule has 0 fully saturated rings. The zero-order valence-corrected chi connectivity index (χ0v) is 9.98. The molecule has 0 heterocycles. The normalized spacial score (nSPS) is 10.9. The Morgan fingerprint density at radius 1 is 1.33 bits per heavy atom. The Kier molecular flexibility index (Phi) is 5.54. The summed E-state index contributed by atoms with van der Waals surface area (Å²) >= 11 is 11.8. The quantitative estimate of drug-likeness (QED) is 0.806. The Bertz CT molecular complexity index is 339. The molecule has 1 N–H and O–H groups in total. The number of nitrogens with one attached hydrogen (secondary N) is 1. The van der Waals surface area contributed by atoms with Crippen LogP contribution in [0.4, 0.5) is 0 Å². The first kappa shape index (κ1) is 12.4. The van der Waals surface area contributed by atoms with E-state index in [4.69, 9.17) is 27.9 Å². The minimum Gasteiger partial charge on any atom is -0.488 e. The molecule has 0 amide bonds. The summed E-state index contributed by atoms with van der Waals surface area (Å²) in [5.74, 6) is 0.610. The minimum atomic E-state index is 0.459. The van der Waals surface area contributed by atoms with Gasteiger partial charge in [0, 0.05) is 6.54 Å². The molecular formula is C11H13Cl2NO. The lowest BCUT2D eigenvalue weighted by Gasteiger charge is -2.06. The molecule has 0 unspecified atom stereocenters. The van der Waals surface area contributed by atoms with Gasteiger partial charge in [0.2, 0.25) is 0 Å². The van der Waals surface area contributed by atoms with Gasteiger partial charge < -0.3 is 10.1 Å². The van der Waals surface area contributed by atoms with E-state index in [0.29, 0.717) is 22.4 Å². The van der Waals surface area contributed by atoms with E-state index >= 15 is 0 Å². The van der Waals surface area contributed by atoms with E-state index in [1.165, 1.54) is 0 Å². The number of likely N-dealkylation sites (N-methyl/N-ethyl adjacent to an activating group) is 1. The van der Waals surface area contributed by atoms with Crippen LogP contribution >= 0.6 is 23.2 Å². The van der Waals surface area contributed by atoms with Crippen LogP contribution in [0.2, 0.25) is 10.0 Å². The zero-order chi connectivity index (χ0) is 11.1. The lowest BCUT2D eigenvalue weighted by molar-refractivity contribution is 0.363. The zero-order valence-electron chi connectivity index (χ0n) is 8.47. The van der Waals surface area contributed by atoms with Crippen molar-refractivity contribution in [2.75, 3.05) is 20.2 Å². The van der Waals surface area contributed by atoms with Crippen LogP contribution in [-0.4, -0.2) is 20.2 Å². The maximum absolute atomic E-state index is 5.94. The highest BCUT2D eigenvalue weighted by molar-refractivity contribution is 6.42. The first-order chi connectivity index (χ1) is 7.25. The van der Waals surface area contributed by atoms with Crippen LogP contribution < -0.4 is 10.1 Å². The van der Waals surface area contributed by atoms with Crippen molar-refractivity contribution in [3.63, 3.8) is 0 Å². The molecule has 1 rings (SSSR count). The van der Waals surface area contributed by atoms with Gasteiger partial charge in [0.25, 0.3) is 0 Å². The van der Waals surface area contributed by atoms with Crippen LogP contribution in [0.15, 0.2) is 30.4 Å². The third-order valence-corrected chi connectivity index (χ3v) is 2.54. The van der Waals surface area contributed by atoms with Crippen LogP contribution in [0.3, 0.4) is 0 Å². The molecular weight excluding hydrogens is 233 g/mol. The van der Waals surface area contributed by atoms with E-state index in [9.17, 15) is 0 Å². The summed E-state index contributed by atoms with van der Waals surface area (Å²) in [5, 5.41) is 3.96. The monoisotopic (exact) mass is 245 g/mol. The Hall–Kier alpha value is -0.700. The molecule has 0 aliphatic carbocycles. The molecule has 0 radical (unpaired) electrons. The Morgan fingerprint density at radius 2 is 2.13 bits per heavy atom. The first-order valence-corrected chi connectivity index (χ1v) is 5.37. The Labute approximate surface area is 99.8 Å². The smallest absolute Gasteiger partial charge is 0.139 e. The molecule has 0 saturated carbocycles. The average molecular weight is 246 g/mol. The summed E-state index contributed by atoms with van der Waals surface area (Å²) in [5.41, 5.74) is 0. The van der Waals surface area contributed by atoms with E-state index in [1.807, 2.05) is 19.2 Å². The SMILES string of the molecule is CNCC=CCOc1cccc(Cl)c1Cl. The van der Waals surface area contributed by atoms with Gasteiger partial charge in [0.1, 0.15) is 17.4 Å². The molecule has 4 heteroatoms. The van der Waals surface area contributed by atoms with Crippen molar-refractivity contribution in [2.45, 2.75) is 0 Å². The van der Waals surface area contributed by atoms with E-state index in [1.54, 1.807) is 18.2 Å². The minimum absolute atomic E-state index is 0.459. The van der Waals surface area contributed by atoms with E-state index in [-0.39, 0.29) is 0 Å². The predicted octanol–water partition coefficient (Wildman–Crippen LogP) is 3.15. The fourth-order valence-corrected chi connectivity index (χ4v) is 1.35. The number of hydrogen-bond acceptors (Lipinski definition) is 2. The van der Waals surface area contributed by atoms with E-state index in [2.05, 4.69) is 5.32 Å². The number of halogens is 2. The van der Waals surface area contributed by atoms with Gasteiger partial charge in [-0.05, 0) is 19.2 Å². The molecule has 0 aromatic heterocycles. The first-order valence-electron chi connectivity index (χ1n) is 4.62. The molecule has 15 heavy (non-hydrogen) atoms. The van der Waals surface area contributed by atoms with Crippen molar-refractivity contribution in [1.29, 1.82) is 0 Å². The number of rotatable bonds is 5. The summed E-state index contributed by atoms with van der Waals surface area (Å²) in [6, 6.07) is 5.33. The van der Waals surface area contributed by atoms with Gasteiger partial charge in [-0.2, -0.15) is 0 Å². The molecule has 0 aliphatic rings. The molecule has 0 saturated heterocycles. The largest absolute Gasteiger partial charge is 0.488 e. The lowest BCUT2D eigenvalue weighted by atomic mass is 10.3. The molecule has 0 bridgehead atoms. The standard InChI is InChI=1S/C11H13Cl2NO/c1-14-7-2-3-8-15-10-6-4-5-9(12)11(10)13/h2-6,14H,7-8H2,1H3. The summed E-state index contributed by atoms with van der Waals surface area (Å²) in [6.07, 6.45) is 3.91. The van der Waals surface area contributed by atoms with Crippen LogP contribution in [0.25, 0.3) is 0 Å². The van der Waals surface area contributed by atoms with Crippen LogP contribution in [0.1, 0.15) is 0 Å². The molecule has 82 valence electrons. The van der Waals surface area contributed by atoms with Gasteiger partial charge in [-0.25, -0.2) is 0 Å². The van der Waals surface area contributed by atoms with E-state index in [0.717, 1.165) is 6.54 Å². The summed E-state index contributed by atoms with van der Waals surface area (Å²) < 4.78 is 5.43. The Morgan fingerprint density at radius 3 is 2.87 bits per heavy atom. The van der Waals surface area contributed by atoms with Crippen molar-refractivity contribution in [2.24, 2.45) is 0 Å². The molecule has 0 aliphatic heterocycles. The highest BCUT2D eigenvalue weighted by Crippen LogP contribution is 2.31. The third kappa shape index (κ3) is 4.12. The lowest BCUT2D eigenvalue weighted by Crippen LogP contribution is -2.04. The van der Waals surface area contributed by atoms with Crippen LogP contribution in [0.5, 0.6) is 5.75 Å². The number of hydrogen-bond donors (Lipinski definition) is 1. The van der Waals surface area contributed by atoms with Crippen molar-refractivity contribution < 1.29 is 4.74 Å². The maximum Gasteiger partial charge on any atom is 0.139 e. The van der Waals surface area contributed by atoms with Gasteiger partial charge in [0.05, 0.1) is 5.02 Å². The van der Waals surface area contributed by atoms with Crippen LogP contribution in [-0.2, 0) is 0 Å². The average Bonchev–Trinajstić information content (AvgIpc) is 2.24. The molecule has 1 aromatic rings.